The standard InChI is InChI=1S/C23H36O4/c1-6-8-10-23(27-19(24)21(3,4)7-2)17-9-11-22(20(25)26-5)14-16(12-17)13-18(23)15-22/h8,10,16-18H,6-7,9,11-15H2,1-5H3/b10-8-. The molecule has 0 aromatic heterocycles. The van der Waals surface area contributed by atoms with E-state index in [0.29, 0.717) is 11.8 Å². The van der Waals surface area contributed by atoms with Crippen LogP contribution in [0.2, 0.25) is 0 Å². The Morgan fingerprint density at radius 1 is 1.15 bits per heavy atom. The molecule has 4 aliphatic carbocycles. The number of hydrogen-bond acceptors (Lipinski definition) is 4. The molecule has 4 bridgehead atoms. The molecule has 0 spiro atoms. The Bertz CT molecular complexity index is 622. The van der Waals surface area contributed by atoms with E-state index in [-0.39, 0.29) is 23.3 Å². The van der Waals surface area contributed by atoms with Crippen LogP contribution >= 0.6 is 0 Å². The van der Waals surface area contributed by atoms with E-state index in [1.807, 2.05) is 20.8 Å². The summed E-state index contributed by atoms with van der Waals surface area (Å²) in [6, 6.07) is 0. The van der Waals surface area contributed by atoms with Crippen LogP contribution < -0.4 is 0 Å². The summed E-state index contributed by atoms with van der Waals surface area (Å²) >= 11 is 0. The van der Waals surface area contributed by atoms with Crippen LogP contribution in [0.15, 0.2) is 12.2 Å². The van der Waals surface area contributed by atoms with E-state index in [0.717, 1.165) is 51.4 Å². The smallest absolute Gasteiger partial charge is 0.312 e. The third-order valence-electron chi connectivity index (χ3n) is 7.74. The first-order chi connectivity index (χ1) is 12.7. The van der Waals surface area contributed by atoms with Crippen LogP contribution in [0.25, 0.3) is 0 Å². The van der Waals surface area contributed by atoms with Crippen LogP contribution in [-0.4, -0.2) is 24.6 Å². The van der Waals surface area contributed by atoms with Gasteiger partial charge >= 0.3 is 11.9 Å². The minimum absolute atomic E-state index is 0.0617. The highest BCUT2D eigenvalue weighted by atomic mass is 16.6. The Morgan fingerprint density at radius 2 is 1.85 bits per heavy atom. The summed E-state index contributed by atoms with van der Waals surface area (Å²) in [6.07, 6.45) is 11.6. The number of rotatable bonds is 6. The van der Waals surface area contributed by atoms with Crippen molar-refractivity contribution in [1.29, 1.82) is 0 Å². The second-order valence-corrected chi connectivity index (χ2v) is 9.74. The molecule has 0 heterocycles. The van der Waals surface area contributed by atoms with E-state index in [2.05, 4.69) is 19.1 Å². The van der Waals surface area contributed by atoms with Gasteiger partial charge in [0.15, 0.2) is 0 Å². The molecule has 27 heavy (non-hydrogen) atoms. The highest BCUT2D eigenvalue weighted by Gasteiger charge is 2.62. The van der Waals surface area contributed by atoms with E-state index < -0.39 is 11.0 Å². The van der Waals surface area contributed by atoms with Gasteiger partial charge in [0.25, 0.3) is 0 Å². The predicted octanol–water partition coefficient (Wildman–Crippen LogP) is 5.06. The van der Waals surface area contributed by atoms with Crippen molar-refractivity contribution in [3.05, 3.63) is 12.2 Å². The fraction of sp³-hybridized carbons (Fsp3) is 0.826. The lowest BCUT2D eigenvalue weighted by Gasteiger charge is -2.53. The van der Waals surface area contributed by atoms with E-state index in [1.165, 1.54) is 7.11 Å². The first kappa shape index (κ1) is 20.4. The molecule has 152 valence electrons. The maximum atomic E-state index is 13.1. The van der Waals surface area contributed by atoms with Gasteiger partial charge < -0.3 is 9.47 Å². The van der Waals surface area contributed by atoms with E-state index >= 15 is 0 Å². The van der Waals surface area contributed by atoms with Crippen LogP contribution in [0.5, 0.6) is 0 Å². The summed E-state index contributed by atoms with van der Waals surface area (Å²) < 4.78 is 11.7. The van der Waals surface area contributed by atoms with Crippen molar-refractivity contribution in [3.8, 4) is 0 Å². The number of carbonyl (C=O) groups excluding carboxylic acids is 2. The van der Waals surface area contributed by atoms with Gasteiger partial charge in [0.2, 0.25) is 0 Å². The number of allylic oxidation sites excluding steroid dienone is 1. The summed E-state index contributed by atoms with van der Waals surface area (Å²) in [4.78, 5) is 25.8. The molecule has 4 aliphatic rings. The van der Waals surface area contributed by atoms with Crippen molar-refractivity contribution >= 4 is 11.9 Å². The zero-order chi connectivity index (χ0) is 19.9. The first-order valence-electron chi connectivity index (χ1n) is 10.7. The lowest BCUT2D eigenvalue weighted by atomic mass is 9.56. The maximum absolute atomic E-state index is 13.1. The molecule has 0 aliphatic heterocycles. The summed E-state index contributed by atoms with van der Waals surface area (Å²) in [7, 11) is 1.50. The zero-order valence-electron chi connectivity index (χ0n) is 17.7. The van der Waals surface area contributed by atoms with Crippen molar-refractivity contribution < 1.29 is 19.1 Å². The normalized spacial score (nSPS) is 38.0. The third-order valence-corrected chi connectivity index (χ3v) is 7.74. The van der Waals surface area contributed by atoms with Crippen LogP contribution in [0.1, 0.15) is 79.1 Å². The summed E-state index contributed by atoms with van der Waals surface area (Å²) in [6.45, 7) is 8.08. The molecule has 0 N–H and O–H groups in total. The van der Waals surface area contributed by atoms with Crippen molar-refractivity contribution in [2.75, 3.05) is 7.11 Å². The number of carbonyl (C=O) groups is 2. The highest BCUT2D eigenvalue weighted by molar-refractivity contribution is 5.78. The number of ether oxygens (including phenoxy) is 2. The lowest BCUT2D eigenvalue weighted by Crippen LogP contribution is -2.55. The van der Waals surface area contributed by atoms with E-state index in [4.69, 9.17) is 9.47 Å². The second-order valence-electron chi connectivity index (χ2n) is 9.74. The molecular formula is C23H36O4. The summed E-state index contributed by atoms with van der Waals surface area (Å²) in [5, 5.41) is 0. The maximum Gasteiger partial charge on any atom is 0.312 e. The molecule has 4 nitrogen and oxygen atoms in total. The molecular weight excluding hydrogens is 340 g/mol. The quantitative estimate of drug-likeness (QED) is 0.480. The first-order valence-corrected chi connectivity index (χ1v) is 10.7. The van der Waals surface area contributed by atoms with Gasteiger partial charge in [0.1, 0.15) is 5.60 Å². The highest BCUT2D eigenvalue weighted by Crippen LogP contribution is 2.62. The predicted molar refractivity (Wildman–Crippen MR) is 105 cm³/mol. The fourth-order valence-corrected chi connectivity index (χ4v) is 5.82. The van der Waals surface area contributed by atoms with Crippen molar-refractivity contribution in [3.63, 3.8) is 0 Å². The van der Waals surface area contributed by atoms with Gasteiger partial charge in [0.05, 0.1) is 17.9 Å². The molecule has 4 rings (SSSR count). The van der Waals surface area contributed by atoms with Gasteiger partial charge in [-0.2, -0.15) is 0 Å². The average Bonchev–Trinajstić information content (AvgIpc) is 2.84. The second kappa shape index (κ2) is 7.25. The summed E-state index contributed by atoms with van der Waals surface area (Å²) in [5.74, 6) is 0.876. The van der Waals surface area contributed by atoms with Crippen LogP contribution in [0.4, 0.5) is 0 Å². The molecule has 5 atom stereocenters. The number of fused-ring (bicyclic) bond motifs is 1. The SMILES string of the molecule is CC/C=C\C1(OC(=O)C(C)(C)CC)C2CCC3(C(=O)OC)CC(C2)CC1C3. The van der Waals surface area contributed by atoms with Gasteiger partial charge in [-0.3, -0.25) is 9.59 Å². The van der Waals surface area contributed by atoms with Gasteiger partial charge in [0, 0.05) is 11.8 Å². The van der Waals surface area contributed by atoms with Crippen molar-refractivity contribution in [2.45, 2.75) is 84.7 Å². The third kappa shape index (κ3) is 3.34. The van der Waals surface area contributed by atoms with Crippen LogP contribution in [-0.2, 0) is 19.1 Å². The Kier molecular flexibility index (Phi) is 5.48. The molecule has 5 unspecified atom stereocenters. The lowest BCUT2D eigenvalue weighted by molar-refractivity contribution is -0.189. The molecule has 0 aromatic carbocycles. The molecule has 4 fully saturated rings. The van der Waals surface area contributed by atoms with Gasteiger partial charge in [-0.1, -0.05) is 19.9 Å². The molecule has 0 radical (unpaired) electrons. The van der Waals surface area contributed by atoms with Gasteiger partial charge in [-0.25, -0.2) is 0 Å². The Labute approximate surface area is 164 Å². The van der Waals surface area contributed by atoms with Gasteiger partial charge in [-0.15, -0.1) is 0 Å². The minimum Gasteiger partial charge on any atom is -0.469 e. The molecule has 4 heteroatoms. The van der Waals surface area contributed by atoms with Crippen LogP contribution in [0, 0.1) is 28.6 Å². The fourth-order valence-electron chi connectivity index (χ4n) is 5.82. The van der Waals surface area contributed by atoms with Gasteiger partial charge in [-0.05, 0) is 77.2 Å². The van der Waals surface area contributed by atoms with E-state index in [1.54, 1.807) is 0 Å². The van der Waals surface area contributed by atoms with E-state index in [9.17, 15) is 9.59 Å². The molecule has 0 aromatic rings. The van der Waals surface area contributed by atoms with Crippen LogP contribution in [0.3, 0.4) is 0 Å². The minimum atomic E-state index is -0.563. The number of methoxy groups -OCH3 is 1. The molecule has 4 saturated carbocycles. The number of hydrogen-bond donors (Lipinski definition) is 0. The Morgan fingerprint density at radius 3 is 2.48 bits per heavy atom. The molecule has 0 saturated heterocycles. The monoisotopic (exact) mass is 376 g/mol. The number of esters is 2. The average molecular weight is 377 g/mol. The Hall–Kier alpha value is -1.32. The zero-order valence-corrected chi connectivity index (χ0v) is 17.7. The Balaban J connectivity index is 2.01. The van der Waals surface area contributed by atoms with Crippen molar-refractivity contribution in [1.82, 2.24) is 0 Å². The summed E-state index contributed by atoms with van der Waals surface area (Å²) in [5.41, 5.74) is -1.44. The van der Waals surface area contributed by atoms with Crippen molar-refractivity contribution in [2.24, 2.45) is 28.6 Å². The topological polar surface area (TPSA) is 52.6 Å². The largest absolute Gasteiger partial charge is 0.469 e. The molecule has 0 amide bonds.